The number of nitrogens with zero attached hydrogens (tertiary/aromatic N) is 1. The second kappa shape index (κ2) is 4.37. The summed E-state index contributed by atoms with van der Waals surface area (Å²) in [4.78, 5) is 13.1. The molecule has 2 aromatic heterocycles. The molecule has 2 aromatic rings. The highest BCUT2D eigenvalue weighted by Gasteiger charge is 2.08. The van der Waals surface area contributed by atoms with Crippen LogP contribution in [0.5, 0.6) is 0 Å². The molecular weight excluding hydrogens is 226 g/mol. The highest BCUT2D eigenvalue weighted by atomic mass is 32.1. The molecule has 0 radical (unpaired) electrons. The number of aryl methyl sites for hydroxylation is 1. The Kier molecular flexibility index (Phi) is 3.09. The van der Waals surface area contributed by atoms with Crippen molar-refractivity contribution in [2.45, 2.75) is 26.2 Å². The maximum Gasteiger partial charge on any atom is 0.259 e. The zero-order valence-electron chi connectivity index (χ0n) is 8.88. The molecule has 0 bridgehead atoms. The van der Waals surface area contributed by atoms with Crippen LogP contribution in [0.15, 0.2) is 23.1 Å². The fourth-order valence-electron chi connectivity index (χ4n) is 1.62. The van der Waals surface area contributed by atoms with Crippen molar-refractivity contribution in [3.05, 3.63) is 33.6 Å². The summed E-state index contributed by atoms with van der Waals surface area (Å²) in [5.74, 6) is 0. The van der Waals surface area contributed by atoms with Crippen molar-refractivity contribution < 1.29 is 10.2 Å². The van der Waals surface area contributed by atoms with Gasteiger partial charge in [0.05, 0.1) is 11.9 Å². The number of aliphatic hydroxyl groups excluding tert-OH is 1. The summed E-state index contributed by atoms with van der Waals surface area (Å²) in [5.41, 5.74) is -0.165. The number of aliphatic hydroxyl groups is 2. The molecule has 0 aliphatic heterocycles. The van der Waals surface area contributed by atoms with E-state index in [1.807, 2.05) is 19.1 Å². The fraction of sp³-hybridized carbons (Fsp3) is 0.364. The van der Waals surface area contributed by atoms with E-state index in [-0.39, 0.29) is 12.1 Å². The third-order valence-corrected chi connectivity index (χ3v) is 3.66. The monoisotopic (exact) mass is 239 g/mol. The van der Waals surface area contributed by atoms with E-state index in [1.165, 1.54) is 4.57 Å². The van der Waals surface area contributed by atoms with Crippen LogP contribution in [0, 0.1) is 0 Å². The van der Waals surface area contributed by atoms with Gasteiger partial charge in [0.15, 0.2) is 6.29 Å². The molecule has 0 amide bonds. The summed E-state index contributed by atoms with van der Waals surface area (Å²) < 4.78 is 2.27. The molecule has 4 nitrogen and oxygen atoms in total. The molecule has 0 saturated carbocycles. The van der Waals surface area contributed by atoms with Gasteiger partial charge >= 0.3 is 0 Å². The summed E-state index contributed by atoms with van der Waals surface area (Å²) in [7, 11) is 0. The number of pyridine rings is 1. The third-order valence-electron chi connectivity index (χ3n) is 2.42. The van der Waals surface area contributed by atoms with Crippen molar-refractivity contribution in [2.24, 2.45) is 0 Å². The summed E-state index contributed by atoms with van der Waals surface area (Å²) >= 11 is 1.60. The van der Waals surface area contributed by atoms with E-state index in [0.717, 1.165) is 16.0 Å². The number of rotatable bonds is 3. The minimum absolute atomic E-state index is 0.0912. The maximum absolute atomic E-state index is 11.9. The van der Waals surface area contributed by atoms with E-state index in [4.69, 9.17) is 10.2 Å². The van der Waals surface area contributed by atoms with Gasteiger partial charge in [-0.3, -0.25) is 4.79 Å². The number of fused-ring (bicyclic) bond motifs is 1. The Morgan fingerprint density at radius 1 is 1.50 bits per heavy atom. The van der Waals surface area contributed by atoms with Crippen LogP contribution < -0.4 is 5.56 Å². The molecule has 0 fully saturated rings. The molecule has 0 aliphatic carbocycles. The summed E-state index contributed by atoms with van der Waals surface area (Å²) in [6.45, 7) is 1.95. The fourth-order valence-corrected chi connectivity index (χ4v) is 2.61. The van der Waals surface area contributed by atoms with Gasteiger partial charge in [0, 0.05) is 15.8 Å². The van der Waals surface area contributed by atoms with Gasteiger partial charge < -0.3 is 14.8 Å². The topological polar surface area (TPSA) is 62.5 Å². The quantitative estimate of drug-likeness (QED) is 0.783. The lowest BCUT2D eigenvalue weighted by Crippen LogP contribution is -2.25. The minimum atomic E-state index is -1.50. The third kappa shape index (κ3) is 2.02. The van der Waals surface area contributed by atoms with Crippen molar-refractivity contribution >= 4 is 21.4 Å². The Balaban J connectivity index is 2.55. The second-order valence-corrected chi connectivity index (χ2v) is 4.77. The van der Waals surface area contributed by atoms with Gasteiger partial charge in [0.1, 0.15) is 0 Å². The standard InChI is InChI=1S/C11H13NO3S/c1-2-7-5-8-9(16-7)3-4-12(11(8)15)6-10(13)14/h3-5,10,13-14H,2,6H2,1H3. The van der Waals surface area contributed by atoms with Gasteiger partial charge in [-0.05, 0) is 18.6 Å². The smallest absolute Gasteiger partial charge is 0.259 e. The second-order valence-electron chi connectivity index (χ2n) is 3.60. The van der Waals surface area contributed by atoms with E-state index in [9.17, 15) is 4.79 Å². The van der Waals surface area contributed by atoms with Crippen LogP contribution in [-0.2, 0) is 13.0 Å². The maximum atomic E-state index is 11.9. The van der Waals surface area contributed by atoms with Crippen molar-refractivity contribution in [3.63, 3.8) is 0 Å². The first-order valence-electron chi connectivity index (χ1n) is 5.10. The molecule has 0 saturated heterocycles. The average molecular weight is 239 g/mol. The Hall–Kier alpha value is -1.17. The highest BCUT2D eigenvalue weighted by Crippen LogP contribution is 2.22. The number of aromatic nitrogens is 1. The lowest BCUT2D eigenvalue weighted by molar-refractivity contribution is -0.0518. The first-order valence-corrected chi connectivity index (χ1v) is 5.91. The summed E-state index contributed by atoms with van der Waals surface area (Å²) in [6.07, 6.45) is 1.00. The zero-order chi connectivity index (χ0) is 11.7. The molecule has 0 atom stereocenters. The lowest BCUT2D eigenvalue weighted by Gasteiger charge is -2.06. The van der Waals surface area contributed by atoms with E-state index in [2.05, 4.69) is 0 Å². The lowest BCUT2D eigenvalue weighted by atomic mass is 10.3. The minimum Gasteiger partial charge on any atom is -0.367 e. The molecule has 0 unspecified atom stereocenters. The van der Waals surface area contributed by atoms with Crippen molar-refractivity contribution in [3.8, 4) is 0 Å². The van der Waals surface area contributed by atoms with Gasteiger partial charge in [-0.15, -0.1) is 11.3 Å². The van der Waals surface area contributed by atoms with Crippen molar-refractivity contribution in [1.82, 2.24) is 4.57 Å². The van der Waals surface area contributed by atoms with Crippen LogP contribution in [0.4, 0.5) is 0 Å². The molecular formula is C11H13NO3S. The molecule has 2 heterocycles. The Bertz CT molecular complexity index is 556. The zero-order valence-corrected chi connectivity index (χ0v) is 9.70. The van der Waals surface area contributed by atoms with E-state index >= 15 is 0 Å². The van der Waals surface area contributed by atoms with Gasteiger partial charge in [-0.2, -0.15) is 0 Å². The molecule has 86 valence electrons. The van der Waals surface area contributed by atoms with E-state index in [0.29, 0.717) is 5.39 Å². The molecule has 0 aromatic carbocycles. The Morgan fingerprint density at radius 3 is 2.88 bits per heavy atom. The molecule has 16 heavy (non-hydrogen) atoms. The number of hydrogen-bond acceptors (Lipinski definition) is 4. The van der Waals surface area contributed by atoms with Gasteiger partial charge in [0.25, 0.3) is 5.56 Å². The van der Waals surface area contributed by atoms with Crippen molar-refractivity contribution in [2.75, 3.05) is 0 Å². The van der Waals surface area contributed by atoms with E-state index in [1.54, 1.807) is 17.5 Å². The SMILES string of the molecule is CCc1cc2c(=O)n(CC(O)O)ccc2s1. The van der Waals surface area contributed by atoms with Crippen LogP contribution in [0.1, 0.15) is 11.8 Å². The molecule has 2 rings (SSSR count). The molecule has 0 aliphatic rings. The summed E-state index contributed by atoms with van der Waals surface area (Å²) in [5, 5.41) is 18.4. The summed E-state index contributed by atoms with van der Waals surface area (Å²) in [6, 6.07) is 3.71. The van der Waals surface area contributed by atoms with E-state index < -0.39 is 6.29 Å². The van der Waals surface area contributed by atoms with Crippen molar-refractivity contribution in [1.29, 1.82) is 0 Å². The largest absolute Gasteiger partial charge is 0.367 e. The van der Waals surface area contributed by atoms with Gasteiger partial charge in [0.2, 0.25) is 0 Å². The number of thiophene rings is 1. The predicted octanol–water partition coefficient (Wildman–Crippen LogP) is 0.936. The van der Waals surface area contributed by atoms with Crippen LogP contribution >= 0.6 is 11.3 Å². The number of hydrogen-bond donors (Lipinski definition) is 2. The molecule has 5 heteroatoms. The van der Waals surface area contributed by atoms with Crippen LogP contribution in [0.25, 0.3) is 10.1 Å². The Labute approximate surface area is 96.4 Å². The predicted molar refractivity (Wildman–Crippen MR) is 63.7 cm³/mol. The van der Waals surface area contributed by atoms with Gasteiger partial charge in [-0.1, -0.05) is 6.92 Å². The normalized spacial score (nSPS) is 11.5. The van der Waals surface area contributed by atoms with Crippen LogP contribution in [0.2, 0.25) is 0 Å². The highest BCUT2D eigenvalue weighted by molar-refractivity contribution is 7.19. The van der Waals surface area contributed by atoms with Crippen LogP contribution in [0.3, 0.4) is 0 Å². The Morgan fingerprint density at radius 2 is 2.25 bits per heavy atom. The van der Waals surface area contributed by atoms with Crippen LogP contribution in [-0.4, -0.2) is 21.1 Å². The van der Waals surface area contributed by atoms with Gasteiger partial charge in [-0.25, -0.2) is 0 Å². The average Bonchev–Trinajstić information content (AvgIpc) is 2.65. The molecule has 0 spiro atoms. The first kappa shape index (κ1) is 11.3. The first-order chi connectivity index (χ1) is 7.61. The molecule has 2 N–H and O–H groups in total.